The van der Waals surface area contributed by atoms with Crippen molar-refractivity contribution in [1.29, 1.82) is 0 Å². The van der Waals surface area contributed by atoms with Gasteiger partial charge in [-0.3, -0.25) is 0 Å². The Morgan fingerprint density at radius 2 is 0.0296 bits per heavy atom. The van der Waals surface area contributed by atoms with Gasteiger partial charge in [-0.05, 0) is 0 Å². The Kier molecular flexibility index (Phi) is 46900. The average molecular weight is 7080 g/mol. The Hall–Kier alpha value is 49.5. The fourth-order valence-electron chi connectivity index (χ4n) is 0. The van der Waals surface area contributed by atoms with Gasteiger partial charge in [-0.1, -0.05) is 0 Å². The molecule has 0 aromatic carbocycles. The van der Waals surface area contributed by atoms with Crippen molar-refractivity contribution in [3.8, 4) is 0 Å². The summed E-state index contributed by atoms with van der Waals surface area (Å²) >= 11 is 0. The first kappa shape index (κ1) is 2540. The van der Waals surface area contributed by atoms with Gasteiger partial charge in [0.15, 0.2) is 0 Å². The molecule has 0 aromatic rings. The molecule has 832 valence electrons. The van der Waals surface area contributed by atoms with Gasteiger partial charge < -0.3 is 471 Å². The molecule has 0 amide bonds. The third-order valence-corrected chi connectivity index (χ3v) is 0. The third-order valence-electron chi connectivity index (χ3n) is 0. The summed E-state index contributed by atoms with van der Waals surface area (Å²) in [5.41, 5.74) is 0. The summed E-state index contributed by atoms with van der Waals surface area (Å²) in [4.78, 5) is 0. The topological polar surface area (TPSA) is 2450 Å². The molecule has 0 spiro atoms. The summed E-state index contributed by atoms with van der Waals surface area (Å²) in [6.07, 6.45) is 0. The molecule has 0 aliphatic carbocycles. The molecule has 0 aliphatic rings. The van der Waals surface area contributed by atoms with Crippen molar-refractivity contribution >= 4 is 220 Å². The van der Waals surface area contributed by atoms with E-state index in [1.807, 2.05) is 0 Å². The van der Waals surface area contributed by atoms with Crippen LogP contribution in [0.5, 0.6) is 0 Å². The minimum atomic E-state index is 0. The van der Waals surface area contributed by atoms with Crippen molar-refractivity contribution in [3.63, 3.8) is 0 Å². The first-order valence-corrected chi connectivity index (χ1v) is 0. The standard InChI is InChI=1S/19K.86O.9Sb.21W/q19*+1;86*-2;9*+3;;;;;;;;;;;;;;;;;;;;;. The monoisotopic (exact) mass is 7070 g/mol. The van der Waals surface area contributed by atoms with E-state index in [0.717, 1.165) is 0 Å². The van der Waals surface area contributed by atoms with Crippen LogP contribution in [0.1, 0.15) is 0 Å². The molecule has 0 fully saturated rings. The Labute approximate surface area is 2040 Å². The maximum atomic E-state index is 0. The molecule has 0 unspecified atom stereocenters. The van der Waals surface area contributed by atoms with E-state index < -0.39 is 0 Å². The maximum Gasteiger partial charge on any atom is 3.00 e. The number of hydrogen-bond donors (Lipinski definition) is 0. The van der Waals surface area contributed by atoms with Gasteiger partial charge >= 0.3 is 1200 Å². The third kappa shape index (κ3) is 2470. The van der Waals surface area contributed by atoms with Gasteiger partial charge in [-0.25, -0.2) is 0 Å². The molecule has 0 atom stereocenters. The van der Waals surface area contributed by atoms with Crippen LogP contribution in [0.4, 0.5) is 0 Å². The smallest absolute Gasteiger partial charge is 2.00 e. The van der Waals surface area contributed by atoms with Gasteiger partial charge in [-0.2, -0.15) is 0 Å². The SMILES string of the molecule is [K+].[K+].[K+].[K+].[K+].[K+].[K+].[K+].[K+].[K+].[K+].[K+].[K+].[K+].[K+].[K+].[K+].[K+].[K+].[O-2].[O-2].[O-2].[O-2].[O-2].[O-2].[O-2].[O-2].[O-2].[O-2].[O-2].[O-2].[O-2].[O-2].[O-2].[O-2].[O-2].[O-2].[O-2].[O-2].[O-2].[O-2].[O-2].[O-2].[O-2].[O-2].[O-2].[O-2].[O-2].[O-2].[O-2].[O-2].[O-2].[O-2].[O-2].[O-2].[O-2].[O-2].[O-2].[O-2].[O-2].[O-2].[O-2].[O-2].[O-2].[O-2].[O-2].[O-2].[O-2].[O-2].[O-2].[O-2].[O-2].[O-2].[O-2].[O-2].[O-2].[O-2].[O-2].[O-2].[O-2].[O-2].[O-2].[O-2].[O-2].[O-2].[O-2].[O-2].[O-2].[O-2].[O-2].[O-2].[O-2].[O-2].[O-2].[O-2].[O-2].[O-2].[O-2].[O-2].[O-2].[O-2].[O-2].[O-2].[O-2].[O-2].[Sb+3].[Sb+3].[Sb+3].[Sb+3].[Sb+3].[Sb+3].[Sb+3].[Sb+3].[Sb+3].[W].[W].[W].[W].[W].[W].[W].[W].[W].[W].[W].[W].[W].[W].[W].[W].[W].[W].[W].[W].[W]. The van der Waals surface area contributed by atoms with Gasteiger partial charge in [-0.15, -0.1) is 0 Å². The Morgan fingerprint density at radius 3 is 0.0296 bits per heavy atom. The van der Waals surface area contributed by atoms with Crippen LogP contribution in [0.15, 0.2) is 0 Å². The molecule has 0 N–H and O–H groups in total. The zero-order valence-electron chi connectivity index (χ0n) is 66.7. The molecule has 0 aliphatic heterocycles. The van der Waals surface area contributed by atoms with Crippen molar-refractivity contribution in [2.45, 2.75) is 0 Å². The summed E-state index contributed by atoms with van der Waals surface area (Å²) in [6, 6.07) is 0. The predicted octanol–water partition coefficient (Wildman–Crippen LogP) is -70.6. The van der Waals surface area contributed by atoms with E-state index in [4.69, 9.17) is 0 Å². The molecule has 135 heavy (non-hydrogen) atoms. The molecule has 0 bridgehead atoms. The normalized spacial score (nSPS) is 0. The van der Waals surface area contributed by atoms with Gasteiger partial charge in [0.1, 0.15) is 0 Å². The molecule has 18 radical (unpaired) electrons. The van der Waals surface area contributed by atoms with Gasteiger partial charge in [0, 0.05) is 442 Å². The summed E-state index contributed by atoms with van der Waals surface area (Å²) < 4.78 is 0. The number of rotatable bonds is 0. The van der Waals surface area contributed by atoms with E-state index in [-0.39, 0.29) is 2110 Å². The van der Waals surface area contributed by atoms with Crippen molar-refractivity contribution in [1.82, 2.24) is 0 Å². The van der Waals surface area contributed by atoms with Crippen molar-refractivity contribution < 1.29 is 1890 Å². The van der Waals surface area contributed by atoms with Gasteiger partial charge in [0.2, 0.25) is 0 Å². The molecule has 0 saturated carbocycles. The van der Waals surface area contributed by atoms with Crippen molar-refractivity contribution in [2.75, 3.05) is 0 Å². The molecule has 0 saturated heterocycles. The van der Waals surface area contributed by atoms with E-state index in [2.05, 4.69) is 0 Å². The number of hydrogen-bond acceptors (Lipinski definition) is 0. The second-order valence-electron chi connectivity index (χ2n) is 0. The summed E-state index contributed by atoms with van der Waals surface area (Å²) in [5.74, 6) is 0. The average Bonchev–Trinajstić information content (AvgIpc) is 0. The Balaban J connectivity index is 0. The van der Waals surface area contributed by atoms with Crippen molar-refractivity contribution in [3.05, 3.63) is 0 Å². The molecular formula is K19O86Sb9W21-126. The zero-order valence-corrected chi connectivity index (χ0v) is 211. The minimum absolute atomic E-state index is 0. The quantitative estimate of drug-likeness (QED) is 0.204. The largest absolute Gasteiger partial charge is 3.00 e. The summed E-state index contributed by atoms with van der Waals surface area (Å²) in [7, 11) is 0. The molecule has 0 rings (SSSR count). The predicted molar refractivity (Wildman–Crippen MR) is 111 cm³/mol. The van der Waals surface area contributed by atoms with E-state index >= 15 is 0 Å². The summed E-state index contributed by atoms with van der Waals surface area (Å²) in [5, 5.41) is 0. The van der Waals surface area contributed by atoms with Crippen LogP contribution in [0.25, 0.3) is 0 Å². The molecule has 86 nitrogen and oxygen atoms in total. The summed E-state index contributed by atoms with van der Waals surface area (Å²) in [6.45, 7) is 0. The molecule has 135 heteroatoms. The Morgan fingerprint density at radius 1 is 0.0296 bits per heavy atom. The van der Waals surface area contributed by atoms with E-state index in [1.54, 1.807) is 0 Å². The van der Waals surface area contributed by atoms with Crippen LogP contribution in [0.3, 0.4) is 0 Å². The van der Waals surface area contributed by atoms with Crippen LogP contribution >= 0.6 is 0 Å². The molecule has 0 aromatic heterocycles. The van der Waals surface area contributed by atoms with E-state index in [9.17, 15) is 0 Å². The first-order chi connectivity index (χ1) is 0. The molecule has 0 heterocycles. The molecular weight excluding hydrogens is 7080 g/mol. The fraction of sp³-hybridized carbons (Fsp3) is 0. The van der Waals surface area contributed by atoms with Crippen LogP contribution in [-0.4, -0.2) is 220 Å². The van der Waals surface area contributed by atoms with Crippen molar-refractivity contribution in [2.24, 2.45) is 0 Å². The van der Waals surface area contributed by atoms with Crippen LogP contribution in [0.2, 0.25) is 0 Å². The second-order valence-corrected chi connectivity index (χ2v) is 0. The van der Waals surface area contributed by atoms with Crippen LogP contribution < -0.4 is 976 Å². The second kappa shape index (κ2) is 2500. The Bertz CT molecular complexity index is 201. The van der Waals surface area contributed by atoms with E-state index in [1.165, 1.54) is 0 Å². The van der Waals surface area contributed by atoms with Gasteiger partial charge in [0.25, 0.3) is 0 Å². The maximum absolute atomic E-state index is 0. The van der Waals surface area contributed by atoms with Crippen LogP contribution in [0, 0.1) is 0 Å². The van der Waals surface area contributed by atoms with Crippen LogP contribution in [-0.2, 0) is 913 Å². The zero-order chi connectivity index (χ0) is 0. The fourth-order valence-corrected chi connectivity index (χ4v) is 0. The first-order valence-electron chi connectivity index (χ1n) is 0. The minimum Gasteiger partial charge on any atom is -2.00 e. The van der Waals surface area contributed by atoms with Gasteiger partial charge in [0.05, 0.1) is 0 Å². The van der Waals surface area contributed by atoms with E-state index in [0.29, 0.717) is 0 Å².